The lowest BCUT2D eigenvalue weighted by atomic mass is 9.86. The standard InChI is InChI=1S/C18H22N2O5S/c21-16(19-9-13(18(23)24)12-5-7-25-8-6-12)10-20-14-3-1-2-4-15(14)26-11-17(20)22/h1-4,12-13H,5-11H2,(H,19,21)(H,23,24). The first-order chi connectivity index (χ1) is 12.6. The number of carboxylic acids is 1. The van der Waals surface area contributed by atoms with Crippen LogP contribution in [0.1, 0.15) is 12.8 Å². The summed E-state index contributed by atoms with van der Waals surface area (Å²) in [5, 5.41) is 12.2. The predicted molar refractivity (Wildman–Crippen MR) is 97.2 cm³/mol. The Morgan fingerprint density at radius 2 is 2.04 bits per heavy atom. The highest BCUT2D eigenvalue weighted by atomic mass is 32.2. The van der Waals surface area contributed by atoms with Crippen LogP contribution in [0.5, 0.6) is 0 Å². The number of carbonyl (C=O) groups excluding carboxylic acids is 2. The number of ether oxygens (including phenoxy) is 1. The number of nitrogens with zero attached hydrogens (tertiary/aromatic N) is 1. The summed E-state index contributed by atoms with van der Waals surface area (Å²) in [7, 11) is 0. The van der Waals surface area contributed by atoms with Gasteiger partial charge in [0.1, 0.15) is 6.54 Å². The van der Waals surface area contributed by atoms with Gasteiger partial charge in [-0.25, -0.2) is 0 Å². The van der Waals surface area contributed by atoms with Crippen LogP contribution in [0.15, 0.2) is 29.2 Å². The van der Waals surface area contributed by atoms with Crippen LogP contribution in [0.25, 0.3) is 0 Å². The normalized spacial score (nSPS) is 18.9. The SMILES string of the molecule is O=C(CN1C(=O)CSc2ccccc21)NCC(C(=O)O)C1CCOCC1. The van der Waals surface area contributed by atoms with E-state index in [0.29, 0.717) is 31.8 Å². The molecule has 1 fully saturated rings. The Labute approximate surface area is 156 Å². The Morgan fingerprint density at radius 3 is 2.77 bits per heavy atom. The molecule has 0 spiro atoms. The van der Waals surface area contributed by atoms with Crippen molar-refractivity contribution in [3.63, 3.8) is 0 Å². The topological polar surface area (TPSA) is 95.9 Å². The van der Waals surface area contributed by atoms with Crippen molar-refractivity contribution in [2.45, 2.75) is 17.7 Å². The molecule has 1 unspecified atom stereocenters. The summed E-state index contributed by atoms with van der Waals surface area (Å²) in [6, 6.07) is 7.46. The van der Waals surface area contributed by atoms with Gasteiger partial charge in [-0.3, -0.25) is 14.4 Å². The van der Waals surface area contributed by atoms with Crippen LogP contribution in [0.3, 0.4) is 0 Å². The molecular formula is C18H22N2O5S. The fraction of sp³-hybridized carbons (Fsp3) is 0.500. The van der Waals surface area contributed by atoms with E-state index >= 15 is 0 Å². The third-order valence-electron chi connectivity index (χ3n) is 4.78. The molecule has 7 nitrogen and oxygen atoms in total. The van der Waals surface area contributed by atoms with Crippen LogP contribution in [-0.2, 0) is 19.1 Å². The number of anilines is 1. The summed E-state index contributed by atoms with van der Waals surface area (Å²) in [5.41, 5.74) is 0.725. The molecule has 2 aliphatic heterocycles. The summed E-state index contributed by atoms with van der Waals surface area (Å²) >= 11 is 1.46. The molecular weight excluding hydrogens is 356 g/mol. The lowest BCUT2D eigenvalue weighted by Crippen LogP contribution is -2.46. The molecule has 26 heavy (non-hydrogen) atoms. The molecule has 3 rings (SSSR count). The number of nitrogens with one attached hydrogen (secondary N) is 1. The molecule has 1 saturated heterocycles. The molecule has 140 valence electrons. The average Bonchev–Trinajstić information content (AvgIpc) is 2.65. The minimum Gasteiger partial charge on any atom is -0.481 e. The zero-order valence-corrected chi connectivity index (χ0v) is 15.2. The summed E-state index contributed by atoms with van der Waals surface area (Å²) in [5.74, 6) is -1.73. The third kappa shape index (κ3) is 4.37. The van der Waals surface area contributed by atoms with Crippen molar-refractivity contribution in [2.75, 3.05) is 37.0 Å². The third-order valence-corrected chi connectivity index (χ3v) is 5.83. The Morgan fingerprint density at radius 1 is 1.31 bits per heavy atom. The van der Waals surface area contributed by atoms with Gasteiger partial charge in [0.15, 0.2) is 0 Å². The largest absolute Gasteiger partial charge is 0.481 e. The van der Waals surface area contributed by atoms with Crippen LogP contribution < -0.4 is 10.2 Å². The number of thioether (sulfide) groups is 1. The Bertz CT molecular complexity index is 690. The first kappa shape index (κ1) is 18.7. The number of carbonyl (C=O) groups is 3. The second-order valence-electron chi connectivity index (χ2n) is 6.43. The molecule has 2 aliphatic rings. The number of carboxylic acid groups (broad SMARTS) is 1. The number of aliphatic carboxylic acids is 1. The van der Waals surface area contributed by atoms with E-state index in [4.69, 9.17) is 4.74 Å². The zero-order valence-electron chi connectivity index (χ0n) is 14.3. The maximum atomic E-state index is 12.3. The predicted octanol–water partition coefficient (Wildman–Crippen LogP) is 1.37. The van der Waals surface area contributed by atoms with Gasteiger partial charge in [0.05, 0.1) is 17.4 Å². The van der Waals surface area contributed by atoms with Gasteiger partial charge in [0.2, 0.25) is 11.8 Å². The van der Waals surface area contributed by atoms with Crippen molar-refractivity contribution >= 4 is 35.2 Å². The molecule has 2 amide bonds. The van der Waals surface area contributed by atoms with Crippen molar-refractivity contribution in [3.8, 4) is 0 Å². The Balaban J connectivity index is 1.59. The van der Waals surface area contributed by atoms with Gasteiger partial charge >= 0.3 is 5.97 Å². The van der Waals surface area contributed by atoms with Gasteiger partial charge in [-0.2, -0.15) is 0 Å². The minimum atomic E-state index is -0.909. The highest BCUT2D eigenvalue weighted by molar-refractivity contribution is 8.00. The van der Waals surface area contributed by atoms with Gasteiger partial charge in [0.25, 0.3) is 0 Å². The number of rotatable bonds is 6. The minimum absolute atomic E-state index is 0.00436. The second-order valence-corrected chi connectivity index (χ2v) is 7.45. The molecule has 0 aromatic heterocycles. The van der Waals surface area contributed by atoms with E-state index in [9.17, 15) is 19.5 Å². The molecule has 0 radical (unpaired) electrons. The van der Waals surface area contributed by atoms with E-state index in [2.05, 4.69) is 5.32 Å². The summed E-state index contributed by atoms with van der Waals surface area (Å²) in [4.78, 5) is 38.5. The van der Waals surface area contributed by atoms with Crippen LogP contribution in [-0.4, -0.2) is 54.9 Å². The van der Waals surface area contributed by atoms with Gasteiger partial charge in [-0.05, 0) is 30.9 Å². The van der Waals surface area contributed by atoms with Crippen molar-refractivity contribution < 1.29 is 24.2 Å². The van der Waals surface area contributed by atoms with Crippen LogP contribution >= 0.6 is 11.8 Å². The first-order valence-corrected chi connectivity index (χ1v) is 9.64. The molecule has 1 aromatic rings. The summed E-state index contributed by atoms with van der Waals surface area (Å²) in [6.07, 6.45) is 1.37. The summed E-state index contributed by atoms with van der Waals surface area (Å²) in [6.45, 7) is 1.08. The Hall–Kier alpha value is -2.06. The maximum absolute atomic E-state index is 12.3. The van der Waals surface area contributed by atoms with E-state index in [0.717, 1.165) is 10.6 Å². The van der Waals surface area contributed by atoms with Gasteiger partial charge < -0.3 is 20.1 Å². The van der Waals surface area contributed by atoms with Crippen LogP contribution in [0.4, 0.5) is 5.69 Å². The molecule has 0 bridgehead atoms. The molecule has 1 aromatic carbocycles. The van der Waals surface area contributed by atoms with Gasteiger partial charge in [-0.1, -0.05) is 12.1 Å². The molecule has 0 aliphatic carbocycles. The number of para-hydroxylation sites is 1. The fourth-order valence-electron chi connectivity index (χ4n) is 3.32. The van der Waals surface area contributed by atoms with E-state index in [-0.39, 0.29) is 30.8 Å². The highest BCUT2D eigenvalue weighted by Gasteiger charge is 2.31. The average molecular weight is 378 g/mol. The zero-order chi connectivity index (χ0) is 18.5. The lowest BCUT2D eigenvalue weighted by Gasteiger charge is -2.29. The highest BCUT2D eigenvalue weighted by Crippen LogP contribution is 2.34. The Kier molecular flexibility index (Phi) is 6.16. The second kappa shape index (κ2) is 8.55. The molecule has 2 heterocycles. The molecule has 0 saturated carbocycles. The van der Waals surface area contributed by atoms with E-state index in [1.165, 1.54) is 16.7 Å². The van der Waals surface area contributed by atoms with Crippen LogP contribution in [0.2, 0.25) is 0 Å². The monoisotopic (exact) mass is 378 g/mol. The number of amides is 2. The van der Waals surface area contributed by atoms with Gasteiger partial charge in [0, 0.05) is 24.7 Å². The molecule has 2 N–H and O–H groups in total. The number of hydrogen-bond acceptors (Lipinski definition) is 5. The van der Waals surface area contributed by atoms with E-state index in [1.54, 1.807) is 0 Å². The quantitative estimate of drug-likeness (QED) is 0.776. The van der Waals surface area contributed by atoms with Gasteiger partial charge in [-0.15, -0.1) is 11.8 Å². The maximum Gasteiger partial charge on any atom is 0.308 e. The first-order valence-electron chi connectivity index (χ1n) is 8.65. The lowest BCUT2D eigenvalue weighted by molar-refractivity contribution is -0.145. The van der Waals surface area contributed by atoms with Crippen molar-refractivity contribution in [3.05, 3.63) is 24.3 Å². The smallest absolute Gasteiger partial charge is 0.308 e. The van der Waals surface area contributed by atoms with E-state index < -0.39 is 11.9 Å². The number of benzene rings is 1. The number of hydrogen-bond donors (Lipinski definition) is 2. The summed E-state index contributed by atoms with van der Waals surface area (Å²) < 4.78 is 5.27. The van der Waals surface area contributed by atoms with Crippen molar-refractivity contribution in [1.29, 1.82) is 0 Å². The van der Waals surface area contributed by atoms with Crippen molar-refractivity contribution in [1.82, 2.24) is 5.32 Å². The van der Waals surface area contributed by atoms with Crippen molar-refractivity contribution in [2.24, 2.45) is 11.8 Å². The number of fused-ring (bicyclic) bond motifs is 1. The van der Waals surface area contributed by atoms with E-state index in [1.807, 2.05) is 24.3 Å². The molecule has 1 atom stereocenters. The molecule has 8 heteroatoms. The fourth-order valence-corrected chi connectivity index (χ4v) is 4.26. The van der Waals surface area contributed by atoms with Crippen LogP contribution in [0, 0.1) is 11.8 Å².